The Morgan fingerprint density at radius 2 is 2.26 bits per heavy atom. The molecule has 0 radical (unpaired) electrons. The van der Waals surface area contributed by atoms with E-state index in [1.54, 1.807) is 0 Å². The Morgan fingerprint density at radius 1 is 1.43 bits per heavy atom. The van der Waals surface area contributed by atoms with Crippen LogP contribution in [0.2, 0.25) is 0 Å². The van der Waals surface area contributed by atoms with E-state index in [1.165, 1.54) is 23.3 Å². The van der Waals surface area contributed by atoms with Crippen LogP contribution in [0.4, 0.5) is 5.00 Å². The van der Waals surface area contributed by atoms with Crippen molar-refractivity contribution < 1.29 is 19.1 Å². The quantitative estimate of drug-likeness (QED) is 0.846. The van der Waals surface area contributed by atoms with Gasteiger partial charge in [0.05, 0.1) is 32.4 Å². The molecule has 1 aliphatic carbocycles. The fraction of sp³-hybridized carbons (Fsp3) is 0.625. The summed E-state index contributed by atoms with van der Waals surface area (Å²) in [5.74, 6) is -0.455. The average molecular weight is 338 g/mol. The molecule has 1 aromatic heterocycles. The number of ether oxygens (including phenoxy) is 2. The topological polar surface area (TPSA) is 67.9 Å². The predicted octanol–water partition coefficient (Wildman–Crippen LogP) is 1.68. The largest absolute Gasteiger partial charge is 0.465 e. The predicted molar refractivity (Wildman–Crippen MR) is 88.2 cm³/mol. The van der Waals surface area contributed by atoms with Crippen LogP contribution < -0.4 is 5.32 Å². The number of carbonyl (C=O) groups excluding carboxylic acids is 2. The van der Waals surface area contributed by atoms with Crippen molar-refractivity contribution in [1.29, 1.82) is 0 Å². The van der Waals surface area contributed by atoms with Gasteiger partial charge in [-0.05, 0) is 31.7 Å². The van der Waals surface area contributed by atoms with E-state index in [-0.39, 0.29) is 17.9 Å². The van der Waals surface area contributed by atoms with Crippen molar-refractivity contribution in [3.05, 3.63) is 16.0 Å². The van der Waals surface area contributed by atoms with Crippen molar-refractivity contribution in [2.75, 3.05) is 38.7 Å². The second kappa shape index (κ2) is 6.98. The Kier molecular flexibility index (Phi) is 4.99. The summed E-state index contributed by atoms with van der Waals surface area (Å²) >= 11 is 1.51. The highest BCUT2D eigenvalue weighted by Crippen LogP contribution is 2.39. The minimum Gasteiger partial charge on any atom is -0.465 e. The molecule has 0 saturated carbocycles. The zero-order valence-electron chi connectivity index (χ0n) is 13.5. The van der Waals surface area contributed by atoms with E-state index in [9.17, 15) is 9.59 Å². The third kappa shape index (κ3) is 3.41. The number of anilines is 1. The summed E-state index contributed by atoms with van der Waals surface area (Å²) in [6, 6.07) is 0.225. The number of rotatable bonds is 4. The Morgan fingerprint density at radius 3 is 3.00 bits per heavy atom. The van der Waals surface area contributed by atoms with Crippen molar-refractivity contribution in [2.24, 2.45) is 0 Å². The molecule has 1 amide bonds. The number of hydrogen-bond acceptors (Lipinski definition) is 6. The van der Waals surface area contributed by atoms with E-state index < -0.39 is 0 Å². The van der Waals surface area contributed by atoms with Crippen LogP contribution in [0.25, 0.3) is 0 Å². The maximum atomic E-state index is 12.4. The van der Waals surface area contributed by atoms with Crippen molar-refractivity contribution in [1.82, 2.24) is 4.90 Å². The van der Waals surface area contributed by atoms with Crippen LogP contribution in [0.15, 0.2) is 0 Å². The molecule has 1 fully saturated rings. The van der Waals surface area contributed by atoms with Gasteiger partial charge in [0.1, 0.15) is 5.00 Å². The summed E-state index contributed by atoms with van der Waals surface area (Å²) in [6.07, 6.45) is 2.91. The second-order valence-electron chi connectivity index (χ2n) is 6.00. The highest BCUT2D eigenvalue weighted by molar-refractivity contribution is 7.17. The summed E-state index contributed by atoms with van der Waals surface area (Å²) < 4.78 is 10.3. The van der Waals surface area contributed by atoms with Crippen LogP contribution in [0.1, 0.15) is 34.1 Å². The highest BCUT2D eigenvalue weighted by atomic mass is 32.1. The molecule has 0 aromatic carbocycles. The minimum atomic E-state index is -0.362. The molecule has 1 atom stereocenters. The number of thiophene rings is 1. The normalized spacial score (nSPS) is 21.0. The standard InChI is InChI=1S/C16H22N2O4S/c1-10-9-22-7-6-18(10)8-13(19)17-15-14(16(20)21-2)11-4-3-5-12(11)23-15/h10H,3-9H2,1-2H3,(H,17,19)/t10-/m0/s1. The van der Waals surface area contributed by atoms with Gasteiger partial charge in [0.25, 0.3) is 0 Å². The fourth-order valence-corrected chi connectivity index (χ4v) is 4.45. The van der Waals surface area contributed by atoms with E-state index in [0.29, 0.717) is 30.3 Å². The maximum Gasteiger partial charge on any atom is 0.341 e. The number of carbonyl (C=O) groups is 2. The lowest BCUT2D eigenvalue weighted by atomic mass is 10.1. The second-order valence-corrected chi connectivity index (χ2v) is 7.10. The molecule has 1 aromatic rings. The smallest absolute Gasteiger partial charge is 0.341 e. The van der Waals surface area contributed by atoms with Gasteiger partial charge in [-0.2, -0.15) is 0 Å². The lowest BCUT2D eigenvalue weighted by Gasteiger charge is -2.32. The van der Waals surface area contributed by atoms with Crippen molar-refractivity contribution >= 4 is 28.2 Å². The van der Waals surface area contributed by atoms with Crippen LogP contribution >= 0.6 is 11.3 Å². The SMILES string of the molecule is COC(=O)c1c(NC(=O)CN2CCOC[C@@H]2C)sc2c1CCC2. The van der Waals surface area contributed by atoms with Gasteiger partial charge < -0.3 is 14.8 Å². The number of aryl methyl sites for hydroxylation is 1. The van der Waals surface area contributed by atoms with Gasteiger partial charge in [-0.3, -0.25) is 9.69 Å². The number of morpholine rings is 1. The number of methoxy groups -OCH3 is 1. The van der Waals surface area contributed by atoms with E-state index in [2.05, 4.69) is 10.2 Å². The molecule has 1 N–H and O–H groups in total. The molecule has 2 heterocycles. The van der Waals surface area contributed by atoms with Crippen LogP contribution in [-0.4, -0.2) is 56.2 Å². The average Bonchev–Trinajstić information content (AvgIpc) is 3.09. The number of amides is 1. The first-order valence-corrected chi connectivity index (χ1v) is 8.76. The first kappa shape index (κ1) is 16.4. The molecule has 2 aliphatic rings. The molecule has 6 nitrogen and oxygen atoms in total. The first-order chi connectivity index (χ1) is 11.1. The molecule has 0 bridgehead atoms. The summed E-state index contributed by atoms with van der Waals surface area (Å²) in [5.41, 5.74) is 1.60. The molecule has 126 valence electrons. The van der Waals surface area contributed by atoms with Crippen LogP contribution in [0.3, 0.4) is 0 Å². The van der Waals surface area contributed by atoms with Gasteiger partial charge in [-0.1, -0.05) is 0 Å². The van der Waals surface area contributed by atoms with Gasteiger partial charge in [0.2, 0.25) is 5.91 Å². The van der Waals surface area contributed by atoms with Gasteiger partial charge >= 0.3 is 5.97 Å². The molecule has 0 spiro atoms. The van der Waals surface area contributed by atoms with Crippen molar-refractivity contribution in [3.8, 4) is 0 Å². The molecule has 1 aliphatic heterocycles. The van der Waals surface area contributed by atoms with E-state index in [4.69, 9.17) is 9.47 Å². The number of nitrogens with zero attached hydrogens (tertiary/aromatic N) is 1. The monoisotopic (exact) mass is 338 g/mol. The first-order valence-electron chi connectivity index (χ1n) is 7.94. The number of hydrogen-bond donors (Lipinski definition) is 1. The maximum absolute atomic E-state index is 12.4. The number of fused-ring (bicyclic) bond motifs is 1. The van der Waals surface area contributed by atoms with Gasteiger partial charge in [0, 0.05) is 17.5 Å². The number of esters is 1. The summed E-state index contributed by atoms with van der Waals surface area (Å²) in [4.78, 5) is 27.8. The Labute approximate surface area is 139 Å². The van der Waals surface area contributed by atoms with Crippen molar-refractivity contribution in [2.45, 2.75) is 32.2 Å². The van der Waals surface area contributed by atoms with Crippen LogP contribution in [0, 0.1) is 0 Å². The van der Waals surface area contributed by atoms with Crippen molar-refractivity contribution in [3.63, 3.8) is 0 Å². The highest BCUT2D eigenvalue weighted by Gasteiger charge is 2.28. The molecule has 23 heavy (non-hydrogen) atoms. The minimum absolute atomic E-state index is 0.0937. The zero-order chi connectivity index (χ0) is 16.4. The summed E-state index contributed by atoms with van der Waals surface area (Å²) in [5, 5.41) is 3.55. The Hall–Kier alpha value is -1.44. The summed E-state index contributed by atoms with van der Waals surface area (Å²) in [7, 11) is 1.38. The number of nitrogens with one attached hydrogen (secondary N) is 1. The zero-order valence-corrected chi connectivity index (χ0v) is 14.3. The van der Waals surface area contributed by atoms with Gasteiger partial charge in [-0.25, -0.2) is 4.79 Å². The van der Waals surface area contributed by atoms with E-state index >= 15 is 0 Å². The lowest BCUT2D eigenvalue weighted by molar-refractivity contribution is -0.119. The molecule has 3 rings (SSSR count). The van der Waals surface area contributed by atoms with Gasteiger partial charge in [-0.15, -0.1) is 11.3 Å². The molecular weight excluding hydrogens is 316 g/mol. The van der Waals surface area contributed by atoms with Gasteiger partial charge in [0.15, 0.2) is 0 Å². The molecule has 0 unspecified atom stereocenters. The third-order valence-corrected chi connectivity index (χ3v) is 5.62. The van der Waals surface area contributed by atoms with E-state index in [0.717, 1.165) is 31.4 Å². The Bertz CT molecular complexity index is 613. The lowest BCUT2D eigenvalue weighted by Crippen LogP contribution is -2.47. The van der Waals surface area contributed by atoms with Crippen LogP contribution in [-0.2, 0) is 27.1 Å². The fourth-order valence-electron chi connectivity index (χ4n) is 3.16. The van der Waals surface area contributed by atoms with E-state index in [1.807, 2.05) is 6.92 Å². The molecular formula is C16H22N2O4S. The summed E-state index contributed by atoms with van der Waals surface area (Å²) in [6.45, 7) is 4.41. The molecule has 1 saturated heterocycles. The molecule has 7 heteroatoms. The van der Waals surface area contributed by atoms with Crippen LogP contribution in [0.5, 0.6) is 0 Å². The third-order valence-electron chi connectivity index (χ3n) is 4.42. The Balaban J connectivity index is 1.72.